The number of rotatable bonds is 6. The number of nitrogens with zero attached hydrogens (tertiary/aromatic N) is 3. The second-order valence-electron chi connectivity index (χ2n) is 6.99. The number of guanidine groups is 1. The van der Waals surface area contributed by atoms with E-state index in [1.807, 2.05) is 0 Å². The van der Waals surface area contributed by atoms with Crippen LogP contribution in [0, 0.1) is 0 Å². The molecule has 3 saturated heterocycles. The third-order valence-electron chi connectivity index (χ3n) is 5.34. The first-order valence-electron chi connectivity index (χ1n) is 9.40. The van der Waals surface area contributed by atoms with E-state index in [1.54, 1.807) is 13.1 Å². The fourth-order valence-electron chi connectivity index (χ4n) is 3.84. The third-order valence-corrected chi connectivity index (χ3v) is 5.34. The summed E-state index contributed by atoms with van der Waals surface area (Å²) in [7, 11) is 1.68. The number of nitrogens with one attached hydrogen (secondary N) is 2. The van der Waals surface area contributed by atoms with E-state index in [-0.39, 0.29) is 19.1 Å². The predicted molar refractivity (Wildman–Crippen MR) is 99.2 cm³/mol. The summed E-state index contributed by atoms with van der Waals surface area (Å²) >= 11 is 0. The molecule has 10 heteroatoms. The molecule has 0 aromatic heterocycles. The lowest BCUT2D eigenvalue weighted by atomic mass is 10.1. The molecule has 0 saturated carbocycles. The number of aliphatic imine (C=N–C) groups is 1. The van der Waals surface area contributed by atoms with Gasteiger partial charge in [0.1, 0.15) is 5.75 Å². The standard InChI is InChI=1S/C18H25F2N5O3/c1-21-18(23-9-13-10-24-2-4-25(13)5-3-24)22-8-12-6-15-16(27-11-26-15)7-14(12)28-17(19)20/h6-7,13,17H,2-5,8-11H2,1H3,(H2,21,22,23). The molecule has 1 aromatic rings. The van der Waals surface area contributed by atoms with E-state index in [0.29, 0.717) is 29.1 Å². The van der Waals surface area contributed by atoms with Crippen molar-refractivity contribution in [2.24, 2.45) is 4.99 Å². The zero-order valence-corrected chi connectivity index (χ0v) is 15.8. The van der Waals surface area contributed by atoms with Gasteiger partial charge >= 0.3 is 6.61 Å². The molecule has 154 valence electrons. The fourth-order valence-corrected chi connectivity index (χ4v) is 3.84. The second kappa shape index (κ2) is 8.36. The Kier molecular flexibility index (Phi) is 5.67. The van der Waals surface area contributed by atoms with Crippen LogP contribution in [0.5, 0.6) is 17.2 Å². The maximum absolute atomic E-state index is 12.8. The molecule has 1 unspecified atom stereocenters. The molecule has 0 amide bonds. The number of piperazine rings is 3. The normalized spacial score (nSPS) is 25.9. The number of ether oxygens (including phenoxy) is 3. The van der Waals surface area contributed by atoms with Gasteiger partial charge in [-0.15, -0.1) is 0 Å². The molecular weight excluding hydrogens is 372 g/mol. The van der Waals surface area contributed by atoms with Gasteiger partial charge in [0.15, 0.2) is 17.5 Å². The Balaban J connectivity index is 1.36. The zero-order valence-electron chi connectivity index (χ0n) is 15.8. The molecule has 1 atom stereocenters. The van der Waals surface area contributed by atoms with Crippen molar-refractivity contribution in [3.8, 4) is 17.2 Å². The van der Waals surface area contributed by atoms with Crippen molar-refractivity contribution in [3.05, 3.63) is 17.7 Å². The van der Waals surface area contributed by atoms with E-state index < -0.39 is 6.61 Å². The Morgan fingerprint density at radius 2 is 1.96 bits per heavy atom. The summed E-state index contributed by atoms with van der Waals surface area (Å²) in [5.41, 5.74) is 0.541. The molecule has 1 aromatic carbocycles. The summed E-state index contributed by atoms with van der Waals surface area (Å²) in [5, 5.41) is 6.49. The molecule has 4 heterocycles. The molecule has 0 aliphatic carbocycles. The molecule has 4 aliphatic heterocycles. The van der Waals surface area contributed by atoms with Crippen LogP contribution in [0.15, 0.2) is 17.1 Å². The molecule has 4 aliphatic rings. The smallest absolute Gasteiger partial charge is 0.387 e. The molecule has 8 nitrogen and oxygen atoms in total. The van der Waals surface area contributed by atoms with E-state index in [4.69, 9.17) is 9.47 Å². The van der Waals surface area contributed by atoms with Crippen LogP contribution in [0.2, 0.25) is 0 Å². The highest BCUT2D eigenvalue weighted by Crippen LogP contribution is 2.38. The van der Waals surface area contributed by atoms with Crippen LogP contribution < -0.4 is 24.8 Å². The topological polar surface area (TPSA) is 70.6 Å². The second-order valence-corrected chi connectivity index (χ2v) is 6.99. The van der Waals surface area contributed by atoms with Gasteiger partial charge in [-0.05, 0) is 6.07 Å². The summed E-state index contributed by atoms with van der Waals surface area (Å²) in [6, 6.07) is 3.53. The Morgan fingerprint density at radius 1 is 1.21 bits per heavy atom. The maximum Gasteiger partial charge on any atom is 0.387 e. The van der Waals surface area contributed by atoms with Gasteiger partial charge in [-0.1, -0.05) is 0 Å². The van der Waals surface area contributed by atoms with Gasteiger partial charge in [0.2, 0.25) is 6.79 Å². The van der Waals surface area contributed by atoms with Crippen LogP contribution in [0.3, 0.4) is 0 Å². The van der Waals surface area contributed by atoms with Crippen molar-refractivity contribution in [3.63, 3.8) is 0 Å². The quantitative estimate of drug-likeness (QED) is 0.540. The minimum absolute atomic E-state index is 0.0608. The van der Waals surface area contributed by atoms with Gasteiger partial charge in [0, 0.05) is 70.5 Å². The Labute approximate surface area is 162 Å². The average molecular weight is 397 g/mol. The highest BCUT2D eigenvalue weighted by molar-refractivity contribution is 5.79. The van der Waals surface area contributed by atoms with Crippen molar-refractivity contribution in [1.29, 1.82) is 0 Å². The van der Waals surface area contributed by atoms with Crippen LogP contribution in [0.4, 0.5) is 8.78 Å². The SMILES string of the molecule is CN=C(NCc1cc2c(cc1OC(F)F)OCO2)NCC1CN2CCN1CC2. The molecule has 0 spiro atoms. The maximum atomic E-state index is 12.8. The number of halogens is 2. The van der Waals surface area contributed by atoms with Crippen molar-refractivity contribution in [1.82, 2.24) is 20.4 Å². The highest BCUT2D eigenvalue weighted by Gasteiger charge is 2.31. The van der Waals surface area contributed by atoms with E-state index in [0.717, 1.165) is 39.3 Å². The number of benzene rings is 1. The number of fused-ring (bicyclic) bond motifs is 4. The first-order valence-corrected chi connectivity index (χ1v) is 9.40. The fraction of sp³-hybridized carbons (Fsp3) is 0.611. The van der Waals surface area contributed by atoms with Gasteiger partial charge in [-0.25, -0.2) is 0 Å². The summed E-state index contributed by atoms with van der Waals surface area (Å²) in [6.07, 6.45) is 0. The van der Waals surface area contributed by atoms with Gasteiger partial charge in [0.25, 0.3) is 0 Å². The third kappa shape index (κ3) is 4.22. The van der Waals surface area contributed by atoms with Gasteiger partial charge in [0.05, 0.1) is 0 Å². The summed E-state index contributed by atoms with van der Waals surface area (Å²) in [4.78, 5) is 9.20. The highest BCUT2D eigenvalue weighted by atomic mass is 19.3. The summed E-state index contributed by atoms with van der Waals surface area (Å²) < 4.78 is 40.7. The van der Waals surface area contributed by atoms with Gasteiger partial charge in [-0.3, -0.25) is 14.8 Å². The summed E-state index contributed by atoms with van der Waals surface area (Å²) in [5.74, 6) is 1.59. The van der Waals surface area contributed by atoms with Crippen LogP contribution in [-0.4, -0.2) is 81.5 Å². The Bertz CT molecular complexity index is 725. The monoisotopic (exact) mass is 397 g/mol. The largest absolute Gasteiger partial charge is 0.454 e. The first-order chi connectivity index (χ1) is 13.6. The van der Waals surface area contributed by atoms with Crippen LogP contribution in [0.1, 0.15) is 5.56 Å². The lowest BCUT2D eigenvalue weighted by Gasteiger charge is -2.47. The number of hydrogen-bond acceptors (Lipinski definition) is 6. The Morgan fingerprint density at radius 3 is 2.61 bits per heavy atom. The summed E-state index contributed by atoms with van der Waals surface area (Å²) in [6.45, 7) is 3.73. The first kappa shape index (κ1) is 19.0. The molecule has 3 fully saturated rings. The van der Waals surface area contributed by atoms with Crippen molar-refractivity contribution in [2.75, 3.05) is 53.1 Å². The zero-order chi connectivity index (χ0) is 19.5. The predicted octanol–water partition coefficient (Wildman–Crippen LogP) is 0.682. The molecule has 5 rings (SSSR count). The lowest BCUT2D eigenvalue weighted by molar-refractivity contribution is -0.0505. The van der Waals surface area contributed by atoms with E-state index in [9.17, 15) is 8.78 Å². The van der Waals surface area contributed by atoms with Crippen molar-refractivity contribution in [2.45, 2.75) is 19.2 Å². The lowest BCUT2D eigenvalue weighted by Crippen LogP contribution is -2.63. The molecule has 2 bridgehead atoms. The van der Waals surface area contributed by atoms with Crippen LogP contribution in [0.25, 0.3) is 0 Å². The van der Waals surface area contributed by atoms with Crippen LogP contribution >= 0.6 is 0 Å². The average Bonchev–Trinajstić information content (AvgIpc) is 3.15. The molecule has 2 N–H and O–H groups in total. The van der Waals surface area contributed by atoms with Gasteiger partial charge in [-0.2, -0.15) is 8.78 Å². The number of hydrogen-bond donors (Lipinski definition) is 2. The van der Waals surface area contributed by atoms with Crippen LogP contribution in [-0.2, 0) is 6.54 Å². The molecule has 28 heavy (non-hydrogen) atoms. The van der Waals surface area contributed by atoms with Gasteiger partial charge < -0.3 is 24.8 Å². The van der Waals surface area contributed by atoms with Crippen molar-refractivity contribution >= 4 is 5.96 Å². The number of alkyl halides is 2. The van der Waals surface area contributed by atoms with E-state index in [1.165, 1.54) is 6.07 Å². The Hall–Kier alpha value is -2.33. The molecular formula is C18H25F2N5O3. The van der Waals surface area contributed by atoms with Crippen molar-refractivity contribution < 1.29 is 23.0 Å². The van der Waals surface area contributed by atoms with E-state index in [2.05, 4.69) is 30.2 Å². The molecule has 0 radical (unpaired) electrons. The minimum atomic E-state index is -2.91. The minimum Gasteiger partial charge on any atom is -0.454 e. The van der Waals surface area contributed by atoms with E-state index >= 15 is 0 Å².